The number of amides is 1. The standard InChI is InChI=1S/C15H20ClNO3/c1-11-2-3-12(16)10-14(11)15(19)17-6-4-13(5-7-17)20-9-8-18/h2-3,10,13,18H,4-9H2,1H3. The first-order valence-electron chi connectivity index (χ1n) is 6.89. The lowest BCUT2D eigenvalue weighted by atomic mass is 10.0. The molecular formula is C15H20ClNO3. The highest BCUT2D eigenvalue weighted by Crippen LogP contribution is 2.20. The number of hydrogen-bond donors (Lipinski definition) is 1. The number of piperidine rings is 1. The number of carbonyl (C=O) groups excluding carboxylic acids is 1. The first kappa shape index (κ1) is 15.3. The molecule has 110 valence electrons. The number of rotatable bonds is 4. The van der Waals surface area contributed by atoms with Gasteiger partial charge in [-0.05, 0) is 37.5 Å². The van der Waals surface area contributed by atoms with Gasteiger partial charge in [0.2, 0.25) is 0 Å². The summed E-state index contributed by atoms with van der Waals surface area (Å²) in [7, 11) is 0. The molecule has 0 saturated carbocycles. The highest BCUT2D eigenvalue weighted by Gasteiger charge is 2.24. The number of halogens is 1. The lowest BCUT2D eigenvalue weighted by Crippen LogP contribution is -2.41. The third-order valence-electron chi connectivity index (χ3n) is 3.60. The molecular weight excluding hydrogens is 278 g/mol. The van der Waals surface area contributed by atoms with E-state index < -0.39 is 0 Å². The molecule has 1 N–H and O–H groups in total. The predicted molar refractivity (Wildman–Crippen MR) is 78.2 cm³/mol. The molecule has 0 bridgehead atoms. The summed E-state index contributed by atoms with van der Waals surface area (Å²) in [6.07, 6.45) is 1.77. The molecule has 4 nitrogen and oxygen atoms in total. The van der Waals surface area contributed by atoms with Crippen LogP contribution in [0, 0.1) is 6.92 Å². The van der Waals surface area contributed by atoms with Gasteiger partial charge in [-0.1, -0.05) is 17.7 Å². The summed E-state index contributed by atoms with van der Waals surface area (Å²) in [6.45, 7) is 3.69. The van der Waals surface area contributed by atoms with Crippen molar-refractivity contribution in [2.45, 2.75) is 25.9 Å². The van der Waals surface area contributed by atoms with E-state index in [-0.39, 0.29) is 18.6 Å². The van der Waals surface area contributed by atoms with Crippen molar-refractivity contribution in [1.82, 2.24) is 4.90 Å². The summed E-state index contributed by atoms with van der Waals surface area (Å²) < 4.78 is 5.50. The van der Waals surface area contributed by atoms with Crippen molar-refractivity contribution in [3.63, 3.8) is 0 Å². The summed E-state index contributed by atoms with van der Waals surface area (Å²) in [5.41, 5.74) is 1.62. The van der Waals surface area contributed by atoms with E-state index in [0.29, 0.717) is 30.3 Å². The number of ether oxygens (including phenoxy) is 1. The summed E-state index contributed by atoms with van der Waals surface area (Å²) in [5, 5.41) is 9.32. The Kier molecular flexibility index (Phi) is 5.40. The fourth-order valence-corrected chi connectivity index (χ4v) is 2.61. The molecule has 1 amide bonds. The number of aliphatic hydroxyl groups is 1. The van der Waals surface area contributed by atoms with E-state index in [1.807, 2.05) is 17.9 Å². The number of benzene rings is 1. The number of hydrogen-bond acceptors (Lipinski definition) is 3. The number of likely N-dealkylation sites (tertiary alicyclic amines) is 1. The van der Waals surface area contributed by atoms with Crippen molar-refractivity contribution in [2.24, 2.45) is 0 Å². The Morgan fingerprint density at radius 1 is 1.45 bits per heavy atom. The van der Waals surface area contributed by atoms with Gasteiger partial charge < -0.3 is 14.7 Å². The van der Waals surface area contributed by atoms with Crippen LogP contribution >= 0.6 is 11.6 Å². The topological polar surface area (TPSA) is 49.8 Å². The van der Waals surface area contributed by atoms with E-state index >= 15 is 0 Å². The number of aryl methyl sites for hydroxylation is 1. The van der Waals surface area contributed by atoms with Crippen LogP contribution in [0.5, 0.6) is 0 Å². The van der Waals surface area contributed by atoms with Crippen molar-refractivity contribution >= 4 is 17.5 Å². The molecule has 1 aromatic rings. The molecule has 20 heavy (non-hydrogen) atoms. The van der Waals surface area contributed by atoms with Crippen LogP contribution in [0.3, 0.4) is 0 Å². The zero-order chi connectivity index (χ0) is 14.5. The van der Waals surface area contributed by atoms with Crippen molar-refractivity contribution < 1.29 is 14.6 Å². The lowest BCUT2D eigenvalue weighted by Gasteiger charge is -2.32. The molecule has 5 heteroatoms. The summed E-state index contributed by atoms with van der Waals surface area (Å²) in [5.74, 6) is 0.0330. The maximum Gasteiger partial charge on any atom is 0.254 e. The minimum atomic E-state index is 0.0330. The molecule has 1 saturated heterocycles. The van der Waals surface area contributed by atoms with Crippen LogP contribution in [0.2, 0.25) is 5.02 Å². The molecule has 0 atom stereocenters. The Balaban J connectivity index is 1.96. The second kappa shape index (κ2) is 7.07. The van der Waals surface area contributed by atoms with E-state index in [0.717, 1.165) is 18.4 Å². The Bertz CT molecular complexity index is 470. The predicted octanol–water partition coefficient (Wildman–Crippen LogP) is 2.26. The van der Waals surface area contributed by atoms with E-state index in [2.05, 4.69) is 0 Å². The van der Waals surface area contributed by atoms with Crippen LogP contribution in [-0.2, 0) is 4.74 Å². The Morgan fingerprint density at radius 2 is 2.15 bits per heavy atom. The van der Waals surface area contributed by atoms with Gasteiger partial charge >= 0.3 is 0 Å². The maximum atomic E-state index is 12.5. The fraction of sp³-hybridized carbons (Fsp3) is 0.533. The first-order chi connectivity index (χ1) is 9.61. The molecule has 1 heterocycles. The van der Waals surface area contributed by atoms with Gasteiger partial charge in [-0.15, -0.1) is 0 Å². The molecule has 0 aromatic heterocycles. The molecule has 0 unspecified atom stereocenters. The average molecular weight is 298 g/mol. The second-order valence-corrected chi connectivity index (χ2v) is 5.48. The zero-order valence-corrected chi connectivity index (χ0v) is 12.4. The Hall–Kier alpha value is -1.10. The highest BCUT2D eigenvalue weighted by molar-refractivity contribution is 6.31. The van der Waals surface area contributed by atoms with E-state index in [9.17, 15) is 4.79 Å². The minimum absolute atomic E-state index is 0.0330. The largest absolute Gasteiger partial charge is 0.394 e. The maximum absolute atomic E-state index is 12.5. The quantitative estimate of drug-likeness (QED) is 0.927. The molecule has 1 aliphatic heterocycles. The van der Waals surface area contributed by atoms with Gasteiger partial charge in [0, 0.05) is 23.7 Å². The summed E-state index contributed by atoms with van der Waals surface area (Å²) in [6, 6.07) is 5.39. The van der Waals surface area contributed by atoms with Gasteiger partial charge in [0.15, 0.2) is 0 Å². The van der Waals surface area contributed by atoms with Gasteiger partial charge in [-0.3, -0.25) is 4.79 Å². The van der Waals surface area contributed by atoms with Crippen molar-refractivity contribution in [3.8, 4) is 0 Å². The van der Waals surface area contributed by atoms with Crippen LogP contribution < -0.4 is 0 Å². The van der Waals surface area contributed by atoms with Gasteiger partial charge in [0.1, 0.15) is 0 Å². The first-order valence-corrected chi connectivity index (χ1v) is 7.27. The van der Waals surface area contributed by atoms with E-state index in [1.54, 1.807) is 12.1 Å². The number of carbonyl (C=O) groups is 1. The summed E-state index contributed by atoms with van der Waals surface area (Å²) >= 11 is 5.97. The van der Waals surface area contributed by atoms with Crippen molar-refractivity contribution in [3.05, 3.63) is 34.3 Å². The van der Waals surface area contributed by atoms with Gasteiger partial charge in [-0.25, -0.2) is 0 Å². The molecule has 1 aliphatic rings. The molecule has 0 spiro atoms. The second-order valence-electron chi connectivity index (χ2n) is 5.05. The molecule has 0 radical (unpaired) electrons. The highest BCUT2D eigenvalue weighted by atomic mass is 35.5. The Morgan fingerprint density at radius 3 is 2.80 bits per heavy atom. The SMILES string of the molecule is Cc1ccc(Cl)cc1C(=O)N1CCC(OCCO)CC1. The molecule has 1 aromatic carbocycles. The normalized spacial score (nSPS) is 16.4. The Labute approximate surface area is 124 Å². The smallest absolute Gasteiger partial charge is 0.254 e. The fourth-order valence-electron chi connectivity index (χ4n) is 2.44. The number of aliphatic hydroxyl groups excluding tert-OH is 1. The van der Waals surface area contributed by atoms with Crippen LogP contribution in [0.4, 0.5) is 0 Å². The average Bonchev–Trinajstić information content (AvgIpc) is 2.47. The molecule has 2 rings (SSSR count). The van der Waals surface area contributed by atoms with Gasteiger partial charge in [0.05, 0.1) is 19.3 Å². The van der Waals surface area contributed by atoms with Crippen molar-refractivity contribution in [2.75, 3.05) is 26.3 Å². The third-order valence-corrected chi connectivity index (χ3v) is 3.84. The number of nitrogens with zero attached hydrogens (tertiary/aromatic N) is 1. The summed E-state index contributed by atoms with van der Waals surface area (Å²) in [4.78, 5) is 14.3. The van der Waals surface area contributed by atoms with Crippen LogP contribution in [0.15, 0.2) is 18.2 Å². The van der Waals surface area contributed by atoms with Gasteiger partial charge in [0.25, 0.3) is 5.91 Å². The molecule has 0 aliphatic carbocycles. The van der Waals surface area contributed by atoms with Crippen LogP contribution in [0.25, 0.3) is 0 Å². The van der Waals surface area contributed by atoms with E-state index in [1.165, 1.54) is 0 Å². The molecule has 1 fully saturated rings. The monoisotopic (exact) mass is 297 g/mol. The lowest BCUT2D eigenvalue weighted by molar-refractivity contribution is -0.00555. The van der Waals surface area contributed by atoms with E-state index in [4.69, 9.17) is 21.4 Å². The van der Waals surface area contributed by atoms with Crippen LogP contribution in [-0.4, -0.2) is 48.3 Å². The van der Waals surface area contributed by atoms with Crippen LogP contribution in [0.1, 0.15) is 28.8 Å². The van der Waals surface area contributed by atoms with Crippen molar-refractivity contribution in [1.29, 1.82) is 0 Å². The van der Waals surface area contributed by atoms with Gasteiger partial charge in [-0.2, -0.15) is 0 Å². The zero-order valence-electron chi connectivity index (χ0n) is 11.6. The minimum Gasteiger partial charge on any atom is -0.394 e. The third kappa shape index (κ3) is 3.72.